The maximum absolute atomic E-state index is 12.3. The number of benzene rings is 1. The van der Waals surface area contributed by atoms with Gasteiger partial charge in [-0.1, -0.05) is 19.9 Å². The predicted molar refractivity (Wildman–Crippen MR) is 79.0 cm³/mol. The van der Waals surface area contributed by atoms with E-state index >= 15 is 0 Å². The fraction of sp³-hybridized carbons (Fsp3) is 0.400. The fourth-order valence-corrected chi connectivity index (χ4v) is 2.47. The molecule has 0 amide bonds. The Labute approximate surface area is 113 Å². The summed E-state index contributed by atoms with van der Waals surface area (Å²) in [7, 11) is 1.88. The van der Waals surface area contributed by atoms with Gasteiger partial charge in [-0.05, 0) is 43.0 Å². The standard InChI is InChI=1S/C15H21N3O/c1-9(2)14-13(16)15(19)18(17(14)5)12-7-6-10(3)11(4)8-12/h6-9H,16H2,1-5H3. The molecular weight excluding hydrogens is 238 g/mol. The molecule has 0 atom stereocenters. The van der Waals surface area contributed by atoms with E-state index < -0.39 is 0 Å². The van der Waals surface area contributed by atoms with Gasteiger partial charge in [0.25, 0.3) is 5.56 Å². The number of hydrogen-bond donors (Lipinski definition) is 1. The fourth-order valence-electron chi connectivity index (χ4n) is 2.47. The Kier molecular flexibility index (Phi) is 3.27. The molecular formula is C15H21N3O. The highest BCUT2D eigenvalue weighted by Crippen LogP contribution is 2.21. The summed E-state index contributed by atoms with van der Waals surface area (Å²) in [4.78, 5) is 12.3. The average molecular weight is 259 g/mol. The number of nitrogen functional groups attached to an aromatic ring is 1. The summed E-state index contributed by atoms with van der Waals surface area (Å²) in [5, 5.41) is 0. The van der Waals surface area contributed by atoms with E-state index in [0.717, 1.165) is 16.9 Å². The molecule has 2 N–H and O–H groups in total. The second-order valence-corrected chi connectivity index (χ2v) is 5.36. The Morgan fingerprint density at radius 3 is 2.26 bits per heavy atom. The Hall–Kier alpha value is -1.97. The zero-order valence-electron chi connectivity index (χ0n) is 12.2. The van der Waals surface area contributed by atoms with Crippen molar-refractivity contribution in [3.63, 3.8) is 0 Å². The molecule has 102 valence electrons. The second kappa shape index (κ2) is 4.61. The molecule has 4 heteroatoms. The third-order valence-corrected chi connectivity index (χ3v) is 3.63. The van der Waals surface area contributed by atoms with Gasteiger partial charge in [-0.25, -0.2) is 4.68 Å². The van der Waals surface area contributed by atoms with Crippen LogP contribution in [0, 0.1) is 13.8 Å². The van der Waals surface area contributed by atoms with Crippen LogP contribution < -0.4 is 11.3 Å². The molecule has 2 rings (SSSR count). The molecule has 1 aromatic heterocycles. The minimum absolute atomic E-state index is 0.144. The largest absolute Gasteiger partial charge is 0.393 e. The predicted octanol–water partition coefficient (Wildman–Crippen LogP) is 2.50. The topological polar surface area (TPSA) is 52.9 Å². The third-order valence-electron chi connectivity index (χ3n) is 3.63. The normalized spacial score (nSPS) is 11.3. The van der Waals surface area contributed by atoms with Crippen LogP contribution in [0.1, 0.15) is 36.6 Å². The summed E-state index contributed by atoms with van der Waals surface area (Å²) in [6, 6.07) is 5.99. The van der Waals surface area contributed by atoms with Crippen LogP contribution in [0.15, 0.2) is 23.0 Å². The van der Waals surface area contributed by atoms with Gasteiger partial charge < -0.3 is 5.73 Å². The molecule has 2 aromatic rings. The van der Waals surface area contributed by atoms with Crippen molar-refractivity contribution < 1.29 is 0 Å². The Morgan fingerprint density at radius 2 is 1.79 bits per heavy atom. The van der Waals surface area contributed by atoms with Crippen molar-refractivity contribution in [1.82, 2.24) is 9.36 Å². The first-order valence-corrected chi connectivity index (χ1v) is 6.49. The number of nitrogens with two attached hydrogens (primary N) is 1. The van der Waals surface area contributed by atoms with E-state index in [0.29, 0.717) is 5.69 Å². The number of aromatic nitrogens is 2. The van der Waals surface area contributed by atoms with E-state index in [1.807, 2.05) is 50.7 Å². The van der Waals surface area contributed by atoms with Crippen LogP contribution in [0.2, 0.25) is 0 Å². The second-order valence-electron chi connectivity index (χ2n) is 5.36. The molecule has 0 saturated heterocycles. The first-order valence-electron chi connectivity index (χ1n) is 6.49. The monoisotopic (exact) mass is 259 g/mol. The number of nitrogens with zero attached hydrogens (tertiary/aromatic N) is 2. The van der Waals surface area contributed by atoms with E-state index in [4.69, 9.17) is 5.73 Å². The van der Waals surface area contributed by atoms with Crippen molar-refractivity contribution in [1.29, 1.82) is 0 Å². The summed E-state index contributed by atoms with van der Waals surface area (Å²) in [5.41, 5.74) is 10.3. The van der Waals surface area contributed by atoms with Crippen LogP contribution in [-0.2, 0) is 7.05 Å². The molecule has 0 bridgehead atoms. The minimum atomic E-state index is -0.144. The van der Waals surface area contributed by atoms with Gasteiger partial charge in [0, 0.05) is 7.05 Å². The summed E-state index contributed by atoms with van der Waals surface area (Å²) in [5.74, 6) is 0.213. The van der Waals surface area contributed by atoms with Crippen LogP contribution >= 0.6 is 0 Å². The highest BCUT2D eigenvalue weighted by atomic mass is 16.1. The van der Waals surface area contributed by atoms with Gasteiger partial charge in [0.2, 0.25) is 0 Å². The van der Waals surface area contributed by atoms with E-state index in [2.05, 4.69) is 6.92 Å². The maximum Gasteiger partial charge on any atom is 0.294 e. The summed E-state index contributed by atoms with van der Waals surface area (Å²) in [6.07, 6.45) is 0. The van der Waals surface area contributed by atoms with Crippen molar-refractivity contribution in [3.8, 4) is 5.69 Å². The van der Waals surface area contributed by atoms with Gasteiger partial charge in [-0.2, -0.15) is 0 Å². The Bertz CT molecular complexity index is 677. The molecule has 0 aliphatic rings. The van der Waals surface area contributed by atoms with Crippen LogP contribution in [0.4, 0.5) is 5.69 Å². The van der Waals surface area contributed by atoms with Crippen molar-refractivity contribution in [2.45, 2.75) is 33.6 Å². The van der Waals surface area contributed by atoms with Crippen molar-refractivity contribution in [3.05, 3.63) is 45.4 Å². The van der Waals surface area contributed by atoms with Crippen LogP contribution in [0.3, 0.4) is 0 Å². The van der Waals surface area contributed by atoms with Crippen molar-refractivity contribution >= 4 is 5.69 Å². The average Bonchev–Trinajstić information content (AvgIpc) is 2.54. The van der Waals surface area contributed by atoms with Gasteiger partial charge in [0.1, 0.15) is 5.69 Å². The van der Waals surface area contributed by atoms with E-state index in [9.17, 15) is 4.79 Å². The van der Waals surface area contributed by atoms with Gasteiger partial charge >= 0.3 is 0 Å². The van der Waals surface area contributed by atoms with Gasteiger partial charge in [0.15, 0.2) is 0 Å². The number of anilines is 1. The molecule has 1 heterocycles. The van der Waals surface area contributed by atoms with Crippen molar-refractivity contribution in [2.24, 2.45) is 7.05 Å². The lowest BCUT2D eigenvalue weighted by molar-refractivity contribution is 0.595. The van der Waals surface area contributed by atoms with Gasteiger partial charge in [-0.15, -0.1) is 0 Å². The van der Waals surface area contributed by atoms with Crippen LogP contribution in [-0.4, -0.2) is 9.36 Å². The number of aryl methyl sites for hydroxylation is 2. The third kappa shape index (κ3) is 2.07. The first-order chi connectivity index (χ1) is 8.84. The molecule has 0 saturated carbocycles. The molecule has 0 fully saturated rings. The summed E-state index contributed by atoms with van der Waals surface area (Å²) < 4.78 is 3.49. The smallest absolute Gasteiger partial charge is 0.294 e. The Balaban J connectivity index is 2.73. The van der Waals surface area contributed by atoms with Crippen LogP contribution in [0.5, 0.6) is 0 Å². The molecule has 0 aliphatic heterocycles. The summed E-state index contributed by atoms with van der Waals surface area (Å²) >= 11 is 0. The molecule has 0 aliphatic carbocycles. The zero-order chi connectivity index (χ0) is 14.3. The lowest BCUT2D eigenvalue weighted by atomic mass is 10.1. The molecule has 0 unspecified atom stereocenters. The van der Waals surface area contributed by atoms with E-state index in [-0.39, 0.29) is 11.5 Å². The minimum Gasteiger partial charge on any atom is -0.393 e. The highest BCUT2D eigenvalue weighted by Gasteiger charge is 2.18. The highest BCUT2D eigenvalue weighted by molar-refractivity contribution is 5.48. The van der Waals surface area contributed by atoms with Gasteiger partial charge in [-0.3, -0.25) is 9.48 Å². The quantitative estimate of drug-likeness (QED) is 0.901. The molecule has 4 nitrogen and oxygen atoms in total. The summed E-state index contributed by atoms with van der Waals surface area (Å²) in [6.45, 7) is 8.17. The SMILES string of the molecule is Cc1ccc(-n2c(=O)c(N)c(C(C)C)n2C)cc1C. The van der Waals surface area contributed by atoms with E-state index in [1.165, 1.54) is 5.56 Å². The zero-order valence-corrected chi connectivity index (χ0v) is 12.2. The molecule has 0 spiro atoms. The lowest BCUT2D eigenvalue weighted by Crippen LogP contribution is -2.20. The van der Waals surface area contributed by atoms with Gasteiger partial charge in [0.05, 0.1) is 11.4 Å². The van der Waals surface area contributed by atoms with Crippen LogP contribution in [0.25, 0.3) is 5.69 Å². The molecule has 19 heavy (non-hydrogen) atoms. The number of rotatable bonds is 2. The Morgan fingerprint density at radius 1 is 1.16 bits per heavy atom. The molecule has 0 radical (unpaired) electrons. The molecule has 1 aromatic carbocycles. The van der Waals surface area contributed by atoms with E-state index in [1.54, 1.807) is 4.68 Å². The maximum atomic E-state index is 12.3. The lowest BCUT2D eigenvalue weighted by Gasteiger charge is -2.13. The first kappa shape index (κ1) is 13.5. The number of hydrogen-bond acceptors (Lipinski definition) is 2. The van der Waals surface area contributed by atoms with Crippen molar-refractivity contribution in [2.75, 3.05) is 5.73 Å².